The quantitative estimate of drug-likeness (QED) is 0.0588. The van der Waals surface area contributed by atoms with Crippen molar-refractivity contribution in [1.29, 1.82) is 0 Å². The van der Waals surface area contributed by atoms with E-state index in [9.17, 15) is 4.79 Å². The van der Waals surface area contributed by atoms with Crippen LogP contribution in [0.2, 0.25) is 0 Å². The molecule has 0 saturated carbocycles. The lowest BCUT2D eigenvalue weighted by Gasteiger charge is -2.06. The predicted octanol–water partition coefficient (Wildman–Crippen LogP) is 13.4. The van der Waals surface area contributed by atoms with Crippen LogP contribution in [0.1, 0.15) is 226 Å². The zero-order valence-electron chi connectivity index (χ0n) is 27.4. The highest BCUT2D eigenvalue weighted by molar-refractivity contribution is 5.69. The second kappa shape index (κ2) is 35.5. The second-order valence-corrected chi connectivity index (χ2v) is 12.6. The summed E-state index contributed by atoms with van der Waals surface area (Å²) < 4.78 is 5.45. The van der Waals surface area contributed by atoms with Crippen LogP contribution < -0.4 is 0 Å². The zero-order valence-corrected chi connectivity index (χ0v) is 27.4. The minimum absolute atomic E-state index is 0.0290. The van der Waals surface area contributed by atoms with Gasteiger partial charge in [-0.15, -0.1) is 0 Å². The Labute approximate surface area is 247 Å². The van der Waals surface area contributed by atoms with Crippen molar-refractivity contribution in [1.82, 2.24) is 0 Å². The Morgan fingerprint density at radius 2 is 0.564 bits per heavy atom. The highest BCUT2D eigenvalue weighted by Crippen LogP contribution is 2.15. The Morgan fingerprint density at radius 3 is 0.846 bits per heavy atom. The third kappa shape index (κ3) is 35.4. The molecule has 234 valence electrons. The summed E-state index contributed by atoms with van der Waals surface area (Å²) in [5.74, 6) is 0.0290. The van der Waals surface area contributed by atoms with Gasteiger partial charge in [-0.25, -0.2) is 0 Å². The Balaban J connectivity index is 3.14. The van der Waals surface area contributed by atoms with E-state index in [2.05, 4.69) is 13.8 Å². The first-order valence-corrected chi connectivity index (χ1v) is 18.5. The maximum Gasteiger partial charge on any atom is 0.305 e. The molecule has 0 aliphatic rings. The van der Waals surface area contributed by atoms with Crippen LogP contribution in [-0.2, 0) is 9.53 Å². The average Bonchev–Trinajstić information content (AvgIpc) is 2.94. The molecule has 0 atom stereocenters. The molecule has 2 nitrogen and oxygen atoms in total. The van der Waals surface area contributed by atoms with Gasteiger partial charge in [0, 0.05) is 6.42 Å². The molecule has 0 heterocycles. The molecular weight excluding hydrogens is 476 g/mol. The summed E-state index contributed by atoms with van der Waals surface area (Å²) >= 11 is 0. The Kier molecular flexibility index (Phi) is 35.0. The maximum atomic E-state index is 11.9. The molecule has 0 bridgehead atoms. The van der Waals surface area contributed by atoms with Crippen molar-refractivity contribution in [3.05, 3.63) is 0 Å². The van der Waals surface area contributed by atoms with Crippen LogP contribution in [0.25, 0.3) is 0 Å². The van der Waals surface area contributed by atoms with E-state index in [-0.39, 0.29) is 5.97 Å². The summed E-state index contributed by atoms with van der Waals surface area (Å²) in [7, 11) is 0. The normalized spacial score (nSPS) is 11.3. The zero-order chi connectivity index (χ0) is 28.3. The standard InChI is InChI=1S/C37H74O2/c1-3-5-7-9-11-13-15-17-19-21-23-25-27-29-31-33-35-37(38)39-36-34-32-30-28-26-24-22-20-18-16-14-12-10-8-6-4-2/h3-36H2,1-2H3. The fraction of sp³-hybridized carbons (Fsp3) is 0.973. The molecule has 0 aliphatic carbocycles. The van der Waals surface area contributed by atoms with Gasteiger partial charge < -0.3 is 4.74 Å². The van der Waals surface area contributed by atoms with Crippen molar-refractivity contribution < 1.29 is 9.53 Å². The Bertz CT molecular complexity index is 447. The molecule has 0 aromatic heterocycles. The van der Waals surface area contributed by atoms with Crippen molar-refractivity contribution in [3.63, 3.8) is 0 Å². The molecule has 0 radical (unpaired) electrons. The van der Waals surface area contributed by atoms with Gasteiger partial charge in [0.2, 0.25) is 0 Å². The minimum Gasteiger partial charge on any atom is -0.466 e. The fourth-order valence-corrected chi connectivity index (χ4v) is 5.73. The molecule has 0 spiro atoms. The van der Waals surface area contributed by atoms with E-state index in [0.29, 0.717) is 13.0 Å². The van der Waals surface area contributed by atoms with E-state index in [4.69, 9.17) is 4.74 Å². The van der Waals surface area contributed by atoms with E-state index in [1.165, 1.54) is 193 Å². The van der Waals surface area contributed by atoms with Crippen LogP contribution in [0.5, 0.6) is 0 Å². The summed E-state index contributed by atoms with van der Waals surface area (Å²) in [6, 6.07) is 0. The number of hydrogen-bond donors (Lipinski definition) is 0. The van der Waals surface area contributed by atoms with Crippen molar-refractivity contribution in [3.8, 4) is 0 Å². The molecule has 0 fully saturated rings. The molecule has 0 aliphatic heterocycles. The average molecular weight is 551 g/mol. The van der Waals surface area contributed by atoms with Gasteiger partial charge in [-0.3, -0.25) is 4.79 Å². The van der Waals surface area contributed by atoms with Crippen molar-refractivity contribution in [2.75, 3.05) is 6.61 Å². The van der Waals surface area contributed by atoms with Crippen LogP contribution in [0.15, 0.2) is 0 Å². The summed E-state index contributed by atoms with van der Waals surface area (Å²) in [4.78, 5) is 11.9. The summed E-state index contributed by atoms with van der Waals surface area (Å²) in [5.41, 5.74) is 0. The smallest absolute Gasteiger partial charge is 0.305 e. The number of rotatable bonds is 34. The van der Waals surface area contributed by atoms with Crippen molar-refractivity contribution >= 4 is 5.97 Å². The highest BCUT2D eigenvalue weighted by Gasteiger charge is 2.03. The molecule has 0 N–H and O–H groups in total. The summed E-state index contributed by atoms with van der Waals surface area (Å²) in [5, 5.41) is 0. The third-order valence-electron chi connectivity index (χ3n) is 8.50. The van der Waals surface area contributed by atoms with Crippen LogP contribution in [-0.4, -0.2) is 12.6 Å². The molecule has 0 rings (SSSR count). The predicted molar refractivity (Wildman–Crippen MR) is 175 cm³/mol. The minimum atomic E-state index is 0.0290. The van der Waals surface area contributed by atoms with Gasteiger partial charge in [0.05, 0.1) is 6.61 Å². The molecule has 39 heavy (non-hydrogen) atoms. The molecule has 0 amide bonds. The van der Waals surface area contributed by atoms with E-state index in [1.807, 2.05) is 0 Å². The Hall–Kier alpha value is -0.530. The van der Waals surface area contributed by atoms with Gasteiger partial charge in [0.25, 0.3) is 0 Å². The molecular formula is C37H74O2. The lowest BCUT2D eigenvalue weighted by Crippen LogP contribution is -2.05. The lowest BCUT2D eigenvalue weighted by atomic mass is 10.0. The van der Waals surface area contributed by atoms with E-state index in [0.717, 1.165) is 12.8 Å². The summed E-state index contributed by atoms with van der Waals surface area (Å²) in [6.45, 7) is 5.22. The van der Waals surface area contributed by atoms with Crippen LogP contribution in [0.4, 0.5) is 0 Å². The number of esters is 1. The van der Waals surface area contributed by atoms with E-state index >= 15 is 0 Å². The van der Waals surface area contributed by atoms with E-state index in [1.54, 1.807) is 0 Å². The van der Waals surface area contributed by atoms with Gasteiger partial charge in [-0.1, -0.05) is 206 Å². The van der Waals surface area contributed by atoms with Gasteiger partial charge in [0.15, 0.2) is 0 Å². The lowest BCUT2D eigenvalue weighted by molar-refractivity contribution is -0.143. The maximum absolute atomic E-state index is 11.9. The first-order chi connectivity index (χ1) is 19.3. The van der Waals surface area contributed by atoms with Gasteiger partial charge in [-0.05, 0) is 12.8 Å². The molecule has 0 aromatic carbocycles. The van der Waals surface area contributed by atoms with Gasteiger partial charge >= 0.3 is 5.97 Å². The van der Waals surface area contributed by atoms with Crippen LogP contribution >= 0.6 is 0 Å². The number of ether oxygens (including phenoxy) is 1. The number of carbonyl (C=O) groups excluding carboxylic acids is 1. The molecule has 0 aromatic rings. The largest absolute Gasteiger partial charge is 0.466 e. The molecule has 2 heteroatoms. The number of hydrogen-bond acceptors (Lipinski definition) is 2. The first-order valence-electron chi connectivity index (χ1n) is 18.5. The van der Waals surface area contributed by atoms with Crippen LogP contribution in [0.3, 0.4) is 0 Å². The van der Waals surface area contributed by atoms with E-state index < -0.39 is 0 Å². The van der Waals surface area contributed by atoms with Crippen molar-refractivity contribution in [2.45, 2.75) is 226 Å². The topological polar surface area (TPSA) is 26.3 Å². The van der Waals surface area contributed by atoms with Gasteiger partial charge in [-0.2, -0.15) is 0 Å². The summed E-state index contributed by atoms with van der Waals surface area (Å²) in [6.07, 6.45) is 44.5. The van der Waals surface area contributed by atoms with Crippen LogP contribution in [0, 0.1) is 0 Å². The SMILES string of the molecule is CCCCCCCCCCCCCCCCCCOC(=O)CCCCCCCCCCCCCCCCCC. The monoisotopic (exact) mass is 551 g/mol. The Morgan fingerprint density at radius 1 is 0.333 bits per heavy atom. The molecule has 0 unspecified atom stereocenters. The number of unbranched alkanes of at least 4 members (excludes halogenated alkanes) is 30. The highest BCUT2D eigenvalue weighted by atomic mass is 16.5. The number of carbonyl (C=O) groups is 1. The molecule has 0 saturated heterocycles. The third-order valence-corrected chi connectivity index (χ3v) is 8.50. The van der Waals surface area contributed by atoms with Gasteiger partial charge in [0.1, 0.15) is 0 Å². The fourth-order valence-electron chi connectivity index (χ4n) is 5.73. The first kappa shape index (κ1) is 38.5. The van der Waals surface area contributed by atoms with Crippen molar-refractivity contribution in [2.24, 2.45) is 0 Å². The second-order valence-electron chi connectivity index (χ2n) is 12.6.